The van der Waals surface area contributed by atoms with Gasteiger partial charge >= 0.3 is 0 Å². The molecule has 1 saturated heterocycles. The Kier molecular flexibility index (Phi) is 6.43. The first kappa shape index (κ1) is 23.8. The molecule has 4 heterocycles. The van der Waals surface area contributed by atoms with E-state index in [4.69, 9.17) is 17.3 Å². The number of hydrogen-bond acceptors (Lipinski definition) is 8. The van der Waals surface area contributed by atoms with Gasteiger partial charge < -0.3 is 20.5 Å². The van der Waals surface area contributed by atoms with Gasteiger partial charge in [0.1, 0.15) is 22.6 Å². The molecule has 4 N–H and O–H groups in total. The average molecular weight is 525 g/mol. The van der Waals surface area contributed by atoms with E-state index in [1.165, 1.54) is 16.9 Å². The zero-order valence-electron chi connectivity index (χ0n) is 19.7. The summed E-state index contributed by atoms with van der Waals surface area (Å²) >= 11 is 7.68. The highest BCUT2D eigenvalue weighted by Gasteiger charge is 2.46. The summed E-state index contributed by atoms with van der Waals surface area (Å²) < 4.78 is 1.93. The van der Waals surface area contributed by atoms with Crippen molar-refractivity contribution in [1.82, 2.24) is 24.4 Å². The normalized spacial score (nSPS) is 25.6. The molecule has 3 aromatic heterocycles. The van der Waals surface area contributed by atoms with E-state index in [9.17, 15) is 10.2 Å². The van der Waals surface area contributed by atoms with E-state index < -0.39 is 12.2 Å². The number of benzene rings is 1. The van der Waals surface area contributed by atoms with E-state index in [1.54, 1.807) is 6.20 Å². The Morgan fingerprint density at radius 3 is 2.58 bits per heavy atom. The summed E-state index contributed by atoms with van der Waals surface area (Å²) in [6.45, 7) is 2.93. The van der Waals surface area contributed by atoms with E-state index >= 15 is 0 Å². The molecule has 4 atom stereocenters. The molecule has 0 spiro atoms. The Bertz CT molecular complexity index is 1340. The summed E-state index contributed by atoms with van der Waals surface area (Å²) in [6, 6.07) is 10.2. The number of piperidine rings is 1. The van der Waals surface area contributed by atoms with Crippen LogP contribution in [0.1, 0.15) is 30.9 Å². The van der Waals surface area contributed by atoms with Crippen molar-refractivity contribution in [2.24, 2.45) is 11.8 Å². The van der Waals surface area contributed by atoms with Crippen molar-refractivity contribution >= 4 is 39.8 Å². The highest BCUT2D eigenvalue weighted by Crippen LogP contribution is 2.45. The fourth-order valence-corrected chi connectivity index (χ4v) is 6.91. The van der Waals surface area contributed by atoms with Gasteiger partial charge in [-0.1, -0.05) is 30.3 Å². The van der Waals surface area contributed by atoms with Gasteiger partial charge in [0.15, 0.2) is 0 Å². The van der Waals surface area contributed by atoms with Gasteiger partial charge in [-0.3, -0.25) is 4.90 Å². The highest BCUT2D eigenvalue weighted by molar-refractivity contribution is 7.13. The van der Waals surface area contributed by atoms with Crippen LogP contribution in [0.3, 0.4) is 0 Å². The van der Waals surface area contributed by atoms with Crippen molar-refractivity contribution in [1.29, 1.82) is 0 Å². The number of rotatable bonds is 5. The van der Waals surface area contributed by atoms with Gasteiger partial charge in [0, 0.05) is 29.9 Å². The van der Waals surface area contributed by atoms with E-state index in [2.05, 4.69) is 44.1 Å². The number of likely N-dealkylation sites (tertiary alicyclic amines) is 1. The first-order valence-corrected chi connectivity index (χ1v) is 13.6. The molecule has 1 aromatic carbocycles. The number of aliphatic hydroxyl groups excluding tert-OH is 2. The quantitative estimate of drug-likeness (QED) is 0.338. The highest BCUT2D eigenvalue weighted by atomic mass is 35.5. The molecule has 2 aliphatic rings. The Labute approximate surface area is 218 Å². The number of halogens is 1. The number of aromatic nitrogens is 4. The molecule has 2 fully saturated rings. The van der Waals surface area contributed by atoms with Crippen LogP contribution in [-0.4, -0.2) is 59.9 Å². The Morgan fingerprint density at radius 2 is 1.86 bits per heavy atom. The maximum atomic E-state index is 11.2. The molecule has 10 heteroatoms. The van der Waals surface area contributed by atoms with Crippen molar-refractivity contribution in [3.05, 3.63) is 59.0 Å². The van der Waals surface area contributed by atoms with Crippen LogP contribution in [0.25, 0.3) is 21.6 Å². The summed E-state index contributed by atoms with van der Waals surface area (Å²) in [5.74, 6) is 0.652. The van der Waals surface area contributed by atoms with E-state index in [1.807, 2.05) is 22.2 Å². The van der Waals surface area contributed by atoms with E-state index in [0.29, 0.717) is 23.4 Å². The van der Waals surface area contributed by atoms with Gasteiger partial charge in [-0.25, -0.2) is 9.97 Å². The van der Waals surface area contributed by atoms with Crippen LogP contribution in [-0.2, 0) is 6.54 Å². The monoisotopic (exact) mass is 524 g/mol. The number of nitrogens with zero attached hydrogens (tertiary/aromatic N) is 5. The SMILES string of the molecule is Nc1nc(Cl)nc2c1c(-c1nccs1)cn2[C@@H]1C[C@H](C2CCN(Cc3ccccc3)CC2)[C@@H](O)[C@H]1O. The van der Waals surface area contributed by atoms with E-state index in [-0.39, 0.29) is 23.1 Å². The molecule has 4 aromatic rings. The molecular weight excluding hydrogens is 496 g/mol. The van der Waals surface area contributed by atoms with Gasteiger partial charge in [-0.05, 0) is 61.4 Å². The fraction of sp³-hybridized carbons (Fsp3) is 0.423. The lowest BCUT2D eigenvalue weighted by Crippen LogP contribution is -2.39. The number of nitrogen functional groups attached to an aromatic ring is 1. The molecule has 36 heavy (non-hydrogen) atoms. The lowest BCUT2D eigenvalue weighted by atomic mass is 9.82. The van der Waals surface area contributed by atoms with Crippen LogP contribution in [0.2, 0.25) is 5.28 Å². The summed E-state index contributed by atoms with van der Waals surface area (Å²) in [4.78, 5) is 15.5. The molecule has 0 unspecified atom stereocenters. The second kappa shape index (κ2) is 9.72. The summed E-state index contributed by atoms with van der Waals surface area (Å²) in [5, 5.41) is 25.8. The first-order chi connectivity index (χ1) is 17.5. The maximum absolute atomic E-state index is 11.2. The molecule has 1 aliphatic carbocycles. The second-order valence-electron chi connectivity index (χ2n) is 9.91. The minimum Gasteiger partial charge on any atom is -0.390 e. The number of aliphatic hydroxyl groups is 2. The molecular formula is C26H29ClN6O2S. The molecule has 1 aliphatic heterocycles. The summed E-state index contributed by atoms with van der Waals surface area (Å²) in [6.07, 6.45) is 4.63. The van der Waals surface area contributed by atoms with Gasteiger partial charge in [0.2, 0.25) is 5.28 Å². The summed E-state index contributed by atoms with van der Waals surface area (Å²) in [5.41, 5.74) is 8.96. The van der Waals surface area contributed by atoms with Gasteiger partial charge in [-0.2, -0.15) is 4.98 Å². The maximum Gasteiger partial charge on any atom is 0.226 e. The Morgan fingerprint density at radius 1 is 1.08 bits per heavy atom. The van der Waals surface area contributed by atoms with Crippen LogP contribution in [0.15, 0.2) is 48.1 Å². The number of nitrogens with two attached hydrogens (primary N) is 1. The van der Waals surface area contributed by atoms with Crippen LogP contribution in [0, 0.1) is 11.8 Å². The zero-order valence-corrected chi connectivity index (χ0v) is 21.3. The smallest absolute Gasteiger partial charge is 0.226 e. The first-order valence-electron chi connectivity index (χ1n) is 12.4. The van der Waals surface area contributed by atoms with Gasteiger partial charge in [0.05, 0.1) is 17.5 Å². The van der Waals surface area contributed by atoms with Crippen LogP contribution in [0.5, 0.6) is 0 Å². The Hall–Kier alpha value is -2.56. The van der Waals surface area contributed by atoms with E-state index in [0.717, 1.165) is 43.0 Å². The van der Waals surface area contributed by atoms with Crippen molar-refractivity contribution in [2.45, 2.75) is 44.1 Å². The number of anilines is 1. The van der Waals surface area contributed by atoms with Crippen LogP contribution >= 0.6 is 22.9 Å². The minimum absolute atomic E-state index is 0.0132. The summed E-state index contributed by atoms with van der Waals surface area (Å²) in [7, 11) is 0. The largest absolute Gasteiger partial charge is 0.390 e. The molecule has 0 amide bonds. The van der Waals surface area contributed by atoms with Crippen LogP contribution in [0.4, 0.5) is 5.82 Å². The number of thiazole rings is 1. The second-order valence-corrected chi connectivity index (χ2v) is 11.1. The van der Waals surface area contributed by atoms with Crippen molar-refractivity contribution in [2.75, 3.05) is 18.8 Å². The molecule has 0 radical (unpaired) electrons. The average Bonchev–Trinajstić information content (AvgIpc) is 3.60. The van der Waals surface area contributed by atoms with Gasteiger partial charge in [0.25, 0.3) is 0 Å². The third-order valence-corrected chi connectivity index (χ3v) is 8.85. The third kappa shape index (κ3) is 4.29. The predicted molar refractivity (Wildman–Crippen MR) is 142 cm³/mol. The van der Waals surface area contributed by atoms with Gasteiger partial charge in [-0.15, -0.1) is 11.3 Å². The van der Waals surface area contributed by atoms with Crippen molar-refractivity contribution < 1.29 is 10.2 Å². The standard InChI is InChI=1S/C26H29ClN6O2S/c27-26-30-23(28)20-18(25-29-8-11-36-25)14-33(24(20)31-26)19-12-17(21(34)22(19)35)16-6-9-32(10-7-16)13-15-4-2-1-3-5-15/h1-5,8,11,14,16-17,19,21-22,34-35H,6-7,9-10,12-13H2,(H2,28,30,31)/t17-,19-,21-,22+/m1/s1. The third-order valence-electron chi connectivity index (χ3n) is 7.88. The number of fused-ring (bicyclic) bond motifs is 1. The zero-order chi connectivity index (χ0) is 24.8. The lowest BCUT2D eigenvalue weighted by Gasteiger charge is -2.36. The molecule has 6 rings (SSSR count). The lowest BCUT2D eigenvalue weighted by molar-refractivity contribution is -0.0125. The Balaban J connectivity index is 1.24. The molecule has 0 bridgehead atoms. The van der Waals surface area contributed by atoms with Crippen molar-refractivity contribution in [3.63, 3.8) is 0 Å². The topological polar surface area (TPSA) is 113 Å². The molecule has 8 nitrogen and oxygen atoms in total. The van der Waals surface area contributed by atoms with Crippen molar-refractivity contribution in [3.8, 4) is 10.6 Å². The predicted octanol–water partition coefficient (Wildman–Crippen LogP) is 3.99. The molecule has 188 valence electrons. The molecule has 1 saturated carbocycles. The number of hydrogen-bond donors (Lipinski definition) is 3. The fourth-order valence-electron chi connectivity index (χ4n) is 6.09. The van der Waals surface area contributed by atoms with Crippen LogP contribution < -0.4 is 5.73 Å². The minimum atomic E-state index is -0.910.